The van der Waals surface area contributed by atoms with Crippen molar-refractivity contribution in [3.05, 3.63) is 75.8 Å². The number of nitrogens with zero attached hydrogens (tertiary/aromatic N) is 2. The van der Waals surface area contributed by atoms with Crippen LogP contribution in [-0.2, 0) is 17.8 Å². The first-order chi connectivity index (χ1) is 15.1. The van der Waals surface area contributed by atoms with Gasteiger partial charge in [0.1, 0.15) is 6.54 Å². The molecule has 1 N–H and O–H groups in total. The molecule has 0 radical (unpaired) electrons. The molecule has 0 aliphatic carbocycles. The summed E-state index contributed by atoms with van der Waals surface area (Å²) >= 11 is 0. The highest BCUT2D eigenvalue weighted by Gasteiger charge is 2.33. The van der Waals surface area contributed by atoms with Crippen LogP contribution in [0.15, 0.2) is 54.6 Å². The maximum absolute atomic E-state index is 13.2. The molecule has 2 heterocycles. The number of nitro benzene ring substituents is 1. The Hall–Kier alpha value is -2.73. The molecule has 2 atom stereocenters. The molecule has 6 nitrogen and oxygen atoms in total. The Labute approximate surface area is 184 Å². The number of likely N-dealkylation sites (tertiary alicyclic amines) is 2. The van der Waals surface area contributed by atoms with E-state index in [1.807, 2.05) is 12.1 Å². The Morgan fingerprint density at radius 2 is 1.71 bits per heavy atom. The van der Waals surface area contributed by atoms with Gasteiger partial charge in [0.15, 0.2) is 0 Å². The minimum Gasteiger partial charge on any atom is -0.342 e. The van der Waals surface area contributed by atoms with Crippen LogP contribution < -0.4 is 4.90 Å². The second-order valence-electron chi connectivity index (χ2n) is 9.10. The van der Waals surface area contributed by atoms with Gasteiger partial charge in [-0.3, -0.25) is 14.9 Å². The first-order valence-corrected chi connectivity index (χ1v) is 11.5. The highest BCUT2D eigenvalue weighted by atomic mass is 16.6. The van der Waals surface area contributed by atoms with Crippen molar-refractivity contribution in [1.82, 2.24) is 4.90 Å². The zero-order valence-corrected chi connectivity index (χ0v) is 18.0. The summed E-state index contributed by atoms with van der Waals surface area (Å²) in [6.07, 6.45) is 5.33. The monoisotopic (exact) mass is 422 g/mol. The molecule has 164 valence electrons. The third kappa shape index (κ3) is 5.70. The Balaban J connectivity index is 1.26. The van der Waals surface area contributed by atoms with E-state index in [4.69, 9.17) is 0 Å². The standard InChI is InChI=1S/C25H31N3O3/c29-25(27-15-12-21(13-16-27)17-20-5-2-1-3-6-20)23-7-4-14-26(19-23)18-22-8-10-24(11-9-22)28(30)31/h1-3,5-6,8-11,21,23H,4,7,12-19H2/p+1/t23-/m1/s1. The number of piperidine rings is 2. The SMILES string of the molecule is O=C([C@@H]1CCC[NH+](Cc2ccc([N+](=O)[O-])cc2)C1)N1CCC(Cc2ccccc2)CC1. The van der Waals surface area contributed by atoms with Crippen LogP contribution in [0.5, 0.6) is 0 Å². The van der Waals surface area contributed by atoms with Gasteiger partial charge in [0.2, 0.25) is 5.91 Å². The molecular formula is C25H32N3O3+. The molecule has 1 amide bonds. The summed E-state index contributed by atoms with van der Waals surface area (Å²) in [5.74, 6) is 1.11. The van der Waals surface area contributed by atoms with E-state index in [-0.39, 0.29) is 16.5 Å². The molecule has 2 saturated heterocycles. The van der Waals surface area contributed by atoms with Crippen LogP contribution in [0.25, 0.3) is 0 Å². The fraction of sp³-hybridized carbons (Fsp3) is 0.480. The summed E-state index contributed by atoms with van der Waals surface area (Å²) in [5.41, 5.74) is 2.61. The fourth-order valence-corrected chi connectivity index (χ4v) is 5.11. The van der Waals surface area contributed by atoms with E-state index >= 15 is 0 Å². The van der Waals surface area contributed by atoms with Crippen molar-refractivity contribution in [3.8, 4) is 0 Å². The molecule has 2 aromatic carbocycles. The number of non-ortho nitro benzene ring substituents is 1. The van der Waals surface area contributed by atoms with Gasteiger partial charge in [-0.25, -0.2) is 0 Å². The van der Waals surface area contributed by atoms with Gasteiger partial charge in [-0.15, -0.1) is 0 Å². The summed E-state index contributed by atoms with van der Waals surface area (Å²) in [7, 11) is 0. The number of carbonyl (C=O) groups excluding carboxylic acids is 1. The van der Waals surface area contributed by atoms with Crippen LogP contribution in [0.1, 0.15) is 36.8 Å². The van der Waals surface area contributed by atoms with Crippen LogP contribution >= 0.6 is 0 Å². The lowest BCUT2D eigenvalue weighted by atomic mass is 9.89. The van der Waals surface area contributed by atoms with Gasteiger partial charge in [0, 0.05) is 30.8 Å². The van der Waals surface area contributed by atoms with E-state index in [0.29, 0.717) is 11.8 Å². The van der Waals surface area contributed by atoms with Gasteiger partial charge in [-0.05, 0) is 55.7 Å². The largest absolute Gasteiger partial charge is 0.342 e. The summed E-state index contributed by atoms with van der Waals surface area (Å²) in [5, 5.41) is 10.8. The molecule has 2 fully saturated rings. The summed E-state index contributed by atoms with van der Waals surface area (Å²) in [6.45, 7) is 4.50. The van der Waals surface area contributed by atoms with Gasteiger partial charge in [-0.2, -0.15) is 0 Å². The van der Waals surface area contributed by atoms with Crippen LogP contribution in [0.4, 0.5) is 5.69 Å². The maximum Gasteiger partial charge on any atom is 0.269 e. The smallest absolute Gasteiger partial charge is 0.269 e. The molecule has 6 heteroatoms. The second kappa shape index (κ2) is 10.1. The third-order valence-corrected chi connectivity index (χ3v) is 6.86. The number of hydrogen-bond donors (Lipinski definition) is 1. The van der Waals surface area contributed by atoms with Crippen molar-refractivity contribution in [3.63, 3.8) is 0 Å². The molecule has 31 heavy (non-hydrogen) atoms. The number of hydrogen-bond acceptors (Lipinski definition) is 3. The first kappa shape index (κ1) is 21.5. The number of amides is 1. The number of nitro groups is 1. The second-order valence-corrected chi connectivity index (χ2v) is 9.10. The summed E-state index contributed by atoms with van der Waals surface area (Å²) < 4.78 is 0. The van der Waals surface area contributed by atoms with Gasteiger partial charge in [0.25, 0.3) is 5.69 Å². The summed E-state index contributed by atoms with van der Waals surface area (Å²) in [4.78, 5) is 27.1. The molecule has 2 aliphatic rings. The molecular weight excluding hydrogens is 390 g/mol. The van der Waals surface area contributed by atoms with E-state index in [9.17, 15) is 14.9 Å². The normalized spacial score (nSPS) is 22.3. The predicted molar refractivity (Wildman–Crippen MR) is 120 cm³/mol. The molecule has 2 aromatic rings. The lowest BCUT2D eigenvalue weighted by Crippen LogP contribution is -3.12. The topological polar surface area (TPSA) is 67.9 Å². The van der Waals surface area contributed by atoms with Crippen molar-refractivity contribution in [1.29, 1.82) is 0 Å². The van der Waals surface area contributed by atoms with Crippen LogP contribution in [0.3, 0.4) is 0 Å². The third-order valence-electron chi connectivity index (χ3n) is 6.86. The predicted octanol–water partition coefficient (Wildman–Crippen LogP) is 2.87. The lowest BCUT2D eigenvalue weighted by Gasteiger charge is -2.36. The van der Waals surface area contributed by atoms with Gasteiger partial charge in [-0.1, -0.05) is 30.3 Å². The van der Waals surface area contributed by atoms with Gasteiger partial charge in [0.05, 0.1) is 23.9 Å². The minimum absolute atomic E-state index is 0.104. The molecule has 0 aromatic heterocycles. The Morgan fingerprint density at radius 1 is 1.00 bits per heavy atom. The van der Waals surface area contributed by atoms with Gasteiger partial charge < -0.3 is 9.80 Å². The van der Waals surface area contributed by atoms with E-state index < -0.39 is 0 Å². The highest BCUT2D eigenvalue weighted by molar-refractivity contribution is 5.79. The zero-order chi connectivity index (χ0) is 21.6. The van der Waals surface area contributed by atoms with Crippen molar-refractivity contribution in [2.75, 3.05) is 26.2 Å². The van der Waals surface area contributed by atoms with E-state index in [1.54, 1.807) is 12.1 Å². The molecule has 4 rings (SSSR count). The van der Waals surface area contributed by atoms with Crippen molar-refractivity contribution in [2.24, 2.45) is 11.8 Å². The minimum atomic E-state index is -0.366. The number of nitrogens with one attached hydrogen (secondary N) is 1. The van der Waals surface area contributed by atoms with Crippen LogP contribution in [0.2, 0.25) is 0 Å². The van der Waals surface area contributed by atoms with Crippen molar-refractivity contribution >= 4 is 11.6 Å². The first-order valence-electron chi connectivity index (χ1n) is 11.5. The highest BCUT2D eigenvalue weighted by Crippen LogP contribution is 2.24. The Morgan fingerprint density at radius 3 is 2.39 bits per heavy atom. The average molecular weight is 423 g/mol. The Kier molecular flexibility index (Phi) is 6.97. The van der Waals surface area contributed by atoms with Crippen molar-refractivity contribution in [2.45, 2.75) is 38.6 Å². The van der Waals surface area contributed by atoms with Crippen LogP contribution in [0, 0.1) is 22.0 Å². The van der Waals surface area contributed by atoms with E-state index in [2.05, 4.69) is 35.2 Å². The maximum atomic E-state index is 13.2. The summed E-state index contributed by atoms with van der Waals surface area (Å²) in [6, 6.07) is 17.5. The zero-order valence-electron chi connectivity index (χ0n) is 18.0. The van der Waals surface area contributed by atoms with E-state index in [1.165, 1.54) is 10.5 Å². The van der Waals surface area contributed by atoms with Crippen LogP contribution in [-0.4, -0.2) is 41.9 Å². The number of benzene rings is 2. The molecule has 0 spiro atoms. The quantitative estimate of drug-likeness (QED) is 0.575. The molecule has 1 unspecified atom stereocenters. The number of quaternary nitrogens is 1. The average Bonchev–Trinajstić information content (AvgIpc) is 2.80. The number of rotatable bonds is 6. The molecule has 2 aliphatic heterocycles. The van der Waals surface area contributed by atoms with Gasteiger partial charge >= 0.3 is 0 Å². The lowest BCUT2D eigenvalue weighted by molar-refractivity contribution is -0.921. The van der Waals surface area contributed by atoms with E-state index in [0.717, 1.165) is 70.4 Å². The molecule has 0 bridgehead atoms. The van der Waals surface area contributed by atoms with Crippen molar-refractivity contribution < 1.29 is 14.6 Å². The number of carbonyl (C=O) groups is 1. The Bertz CT molecular complexity index is 877. The molecule has 0 saturated carbocycles. The fourth-order valence-electron chi connectivity index (χ4n) is 5.11.